The Kier molecular flexibility index (Phi) is 6.88. The lowest BCUT2D eigenvalue weighted by atomic mass is 10.0. The van der Waals surface area contributed by atoms with Crippen molar-refractivity contribution < 1.29 is 26.7 Å². The van der Waals surface area contributed by atoms with E-state index in [0.29, 0.717) is 22.3 Å². The summed E-state index contributed by atoms with van der Waals surface area (Å²) in [5, 5.41) is 11.9. The molecule has 0 saturated carbocycles. The minimum absolute atomic E-state index is 0.175. The molecule has 3 nitrogen and oxygen atoms in total. The van der Waals surface area contributed by atoms with E-state index in [2.05, 4.69) is 10.1 Å². The molecule has 0 fully saturated rings. The summed E-state index contributed by atoms with van der Waals surface area (Å²) in [6.45, 7) is 2.37. The summed E-state index contributed by atoms with van der Waals surface area (Å²) in [7, 11) is 1.52. The molecule has 0 aliphatic rings. The lowest BCUT2D eigenvalue weighted by Gasteiger charge is -2.13. The molecule has 2 aromatic carbocycles. The highest BCUT2D eigenvalue weighted by molar-refractivity contribution is 5.76. The summed E-state index contributed by atoms with van der Waals surface area (Å²) < 4.78 is 69.2. The summed E-state index contributed by atoms with van der Waals surface area (Å²) in [6.07, 6.45) is -1.90. The van der Waals surface area contributed by atoms with Gasteiger partial charge in [0, 0.05) is 19.5 Å². The average molecular weight is 422 g/mol. The second-order valence-electron chi connectivity index (χ2n) is 6.55. The Morgan fingerprint density at radius 2 is 1.70 bits per heavy atom. The van der Waals surface area contributed by atoms with Crippen LogP contribution in [0, 0.1) is 11.3 Å². The van der Waals surface area contributed by atoms with Gasteiger partial charge in [0.2, 0.25) is 0 Å². The van der Waals surface area contributed by atoms with E-state index in [9.17, 15) is 22.0 Å². The molecule has 0 heterocycles. The van der Waals surface area contributed by atoms with Crippen LogP contribution in [0.1, 0.15) is 36.1 Å². The third kappa shape index (κ3) is 6.34. The van der Waals surface area contributed by atoms with Crippen LogP contribution < -0.4 is 10.1 Å². The number of alkyl halides is 5. The lowest BCUT2D eigenvalue weighted by Crippen LogP contribution is -2.17. The zero-order valence-corrected chi connectivity index (χ0v) is 16.4. The fourth-order valence-electron chi connectivity index (χ4n) is 2.71. The summed E-state index contributed by atoms with van der Waals surface area (Å²) in [5.74, 6) is -3.47. The quantitative estimate of drug-likeness (QED) is 0.336. The molecular formula is C22H19F5N2O. The van der Waals surface area contributed by atoms with E-state index in [1.54, 1.807) is 19.1 Å². The molecule has 0 unspecified atom stereocenters. The fourth-order valence-corrected chi connectivity index (χ4v) is 2.71. The van der Waals surface area contributed by atoms with Crippen LogP contribution in [0.25, 0.3) is 17.7 Å². The first-order valence-electron chi connectivity index (χ1n) is 8.79. The number of nitriles is 1. The smallest absolute Gasteiger partial charge is 0.406 e. The SMILES string of the molecule is CN/C(C#N)=C(\C)c1cc(/C=C/c2cccc(C(C)(F)F)c2)cc(OC(F)(F)F)c1. The Hall–Kier alpha value is -3.34. The molecular weight excluding hydrogens is 403 g/mol. The normalized spacial score (nSPS) is 13.0. The van der Waals surface area contributed by atoms with Crippen LogP contribution in [-0.4, -0.2) is 13.4 Å². The molecule has 158 valence electrons. The van der Waals surface area contributed by atoms with Gasteiger partial charge in [-0.15, -0.1) is 13.2 Å². The highest BCUT2D eigenvalue weighted by Gasteiger charge is 2.31. The van der Waals surface area contributed by atoms with E-state index in [1.165, 1.54) is 49.5 Å². The minimum Gasteiger partial charge on any atom is -0.406 e. The zero-order chi connectivity index (χ0) is 22.5. The van der Waals surface area contributed by atoms with Crippen molar-refractivity contribution in [3.8, 4) is 11.8 Å². The minimum atomic E-state index is -4.89. The van der Waals surface area contributed by atoms with E-state index >= 15 is 0 Å². The third-order valence-corrected chi connectivity index (χ3v) is 4.19. The van der Waals surface area contributed by atoms with Gasteiger partial charge in [0.05, 0.1) is 0 Å². The van der Waals surface area contributed by atoms with Gasteiger partial charge in [0.1, 0.15) is 17.5 Å². The fraction of sp³-hybridized carbons (Fsp3) is 0.227. The maximum atomic E-state index is 13.5. The molecule has 0 amide bonds. The molecule has 0 radical (unpaired) electrons. The zero-order valence-electron chi connectivity index (χ0n) is 16.4. The summed E-state index contributed by atoms with van der Waals surface area (Å²) in [5.41, 5.74) is 1.58. The average Bonchev–Trinajstić information content (AvgIpc) is 2.65. The lowest BCUT2D eigenvalue weighted by molar-refractivity contribution is -0.274. The topological polar surface area (TPSA) is 45.0 Å². The molecule has 0 atom stereocenters. The third-order valence-electron chi connectivity index (χ3n) is 4.19. The van der Waals surface area contributed by atoms with Gasteiger partial charge < -0.3 is 10.1 Å². The molecule has 0 spiro atoms. The second-order valence-corrected chi connectivity index (χ2v) is 6.55. The number of hydrogen-bond donors (Lipinski definition) is 1. The number of ether oxygens (including phenoxy) is 1. The van der Waals surface area contributed by atoms with E-state index in [0.717, 1.165) is 6.92 Å². The van der Waals surface area contributed by atoms with Crippen molar-refractivity contribution in [3.63, 3.8) is 0 Å². The highest BCUT2D eigenvalue weighted by atomic mass is 19.4. The van der Waals surface area contributed by atoms with E-state index in [1.807, 2.05) is 6.07 Å². The molecule has 0 aliphatic carbocycles. The maximum absolute atomic E-state index is 13.5. The first kappa shape index (κ1) is 22.9. The van der Waals surface area contributed by atoms with E-state index in [4.69, 9.17) is 5.26 Å². The molecule has 0 bridgehead atoms. The predicted octanol–water partition coefficient (Wildman–Crippen LogP) is 6.34. The van der Waals surface area contributed by atoms with Crippen LogP contribution in [0.3, 0.4) is 0 Å². The first-order chi connectivity index (χ1) is 13.9. The van der Waals surface area contributed by atoms with Crippen molar-refractivity contribution in [2.75, 3.05) is 7.05 Å². The molecule has 1 N–H and O–H groups in total. The largest absolute Gasteiger partial charge is 0.573 e. The van der Waals surface area contributed by atoms with Crippen molar-refractivity contribution in [3.05, 3.63) is 70.4 Å². The molecule has 8 heteroatoms. The van der Waals surface area contributed by atoms with Gasteiger partial charge in [-0.25, -0.2) is 8.78 Å². The Morgan fingerprint density at radius 1 is 1.03 bits per heavy atom. The summed E-state index contributed by atoms with van der Waals surface area (Å²) in [6, 6.07) is 11.5. The van der Waals surface area contributed by atoms with Crippen LogP contribution in [0.15, 0.2) is 48.2 Å². The van der Waals surface area contributed by atoms with E-state index < -0.39 is 18.0 Å². The monoisotopic (exact) mass is 422 g/mol. The van der Waals surface area contributed by atoms with Crippen LogP contribution >= 0.6 is 0 Å². The van der Waals surface area contributed by atoms with Crippen LogP contribution in [0.4, 0.5) is 22.0 Å². The number of nitrogens with zero attached hydrogens (tertiary/aromatic N) is 1. The number of nitrogens with one attached hydrogen (secondary N) is 1. The number of hydrogen-bond acceptors (Lipinski definition) is 3. The van der Waals surface area contributed by atoms with Gasteiger partial charge in [0.25, 0.3) is 5.92 Å². The molecule has 2 aromatic rings. The van der Waals surface area contributed by atoms with Crippen LogP contribution in [0.2, 0.25) is 0 Å². The first-order valence-corrected chi connectivity index (χ1v) is 8.79. The predicted molar refractivity (Wildman–Crippen MR) is 105 cm³/mol. The van der Waals surface area contributed by atoms with Gasteiger partial charge >= 0.3 is 6.36 Å². The molecule has 0 aromatic heterocycles. The number of halogens is 5. The molecule has 0 saturated heterocycles. The van der Waals surface area contributed by atoms with Gasteiger partial charge in [-0.05, 0) is 53.5 Å². The van der Waals surface area contributed by atoms with Gasteiger partial charge in [-0.1, -0.05) is 30.4 Å². The van der Waals surface area contributed by atoms with Crippen molar-refractivity contribution >= 4 is 17.7 Å². The standard InChI is InChI=1S/C22H19F5N2O/c1-14(20(13-28)29-3)17-9-16(11-19(12-17)30-22(25,26)27)8-7-15-5-4-6-18(10-15)21(2,23)24/h4-12,29H,1-3H3/b8-7+,20-14+. The molecule has 30 heavy (non-hydrogen) atoms. The number of benzene rings is 2. The van der Waals surface area contributed by atoms with E-state index in [-0.39, 0.29) is 11.3 Å². The van der Waals surface area contributed by atoms with Crippen molar-refractivity contribution in [1.82, 2.24) is 5.32 Å². The number of rotatable bonds is 6. The highest BCUT2D eigenvalue weighted by Crippen LogP contribution is 2.30. The van der Waals surface area contributed by atoms with Crippen molar-refractivity contribution in [1.29, 1.82) is 5.26 Å². The molecule has 0 aliphatic heterocycles. The Morgan fingerprint density at radius 3 is 2.27 bits per heavy atom. The summed E-state index contributed by atoms with van der Waals surface area (Å²) >= 11 is 0. The Bertz CT molecular complexity index is 1010. The summed E-state index contributed by atoms with van der Waals surface area (Å²) in [4.78, 5) is 0. The molecule has 2 rings (SSSR count). The van der Waals surface area contributed by atoms with Crippen LogP contribution in [0.5, 0.6) is 5.75 Å². The Balaban J connectivity index is 2.50. The van der Waals surface area contributed by atoms with Gasteiger partial charge in [-0.3, -0.25) is 0 Å². The maximum Gasteiger partial charge on any atom is 0.573 e. The second kappa shape index (κ2) is 8.99. The van der Waals surface area contributed by atoms with Gasteiger partial charge in [0.15, 0.2) is 0 Å². The van der Waals surface area contributed by atoms with Crippen molar-refractivity contribution in [2.24, 2.45) is 0 Å². The Labute approximate surface area is 171 Å². The number of allylic oxidation sites excluding steroid dienone is 2. The van der Waals surface area contributed by atoms with Crippen molar-refractivity contribution in [2.45, 2.75) is 26.1 Å². The van der Waals surface area contributed by atoms with Gasteiger partial charge in [-0.2, -0.15) is 5.26 Å². The van der Waals surface area contributed by atoms with Crippen LogP contribution in [-0.2, 0) is 5.92 Å².